The van der Waals surface area contributed by atoms with Gasteiger partial charge in [-0.05, 0) is 55.8 Å². The van der Waals surface area contributed by atoms with Gasteiger partial charge in [-0.1, -0.05) is 12.1 Å². The lowest BCUT2D eigenvalue weighted by molar-refractivity contribution is -0.116. The molecule has 1 N–H and O–H groups in total. The van der Waals surface area contributed by atoms with Crippen LogP contribution in [0.2, 0.25) is 0 Å². The molecule has 31 heavy (non-hydrogen) atoms. The van der Waals surface area contributed by atoms with Gasteiger partial charge in [0.15, 0.2) is 5.76 Å². The number of nitrogens with zero attached hydrogens (tertiary/aromatic N) is 2. The Labute approximate surface area is 187 Å². The number of anilines is 2. The Bertz CT molecular complexity index is 990. The smallest absolute Gasteiger partial charge is 0.291 e. The largest absolute Gasteiger partial charge is 0.487 e. The third-order valence-electron chi connectivity index (χ3n) is 5.51. The van der Waals surface area contributed by atoms with Crippen LogP contribution in [0.3, 0.4) is 0 Å². The highest BCUT2D eigenvalue weighted by atomic mass is 32.2. The van der Waals surface area contributed by atoms with E-state index in [0.717, 1.165) is 12.3 Å². The Hall–Kier alpha value is -2.93. The van der Waals surface area contributed by atoms with Crippen LogP contribution >= 0.6 is 11.8 Å². The van der Waals surface area contributed by atoms with Crippen molar-refractivity contribution < 1.29 is 14.3 Å². The van der Waals surface area contributed by atoms with Gasteiger partial charge >= 0.3 is 0 Å². The molecule has 2 aliphatic rings. The minimum Gasteiger partial charge on any atom is -0.487 e. The van der Waals surface area contributed by atoms with Crippen LogP contribution < -0.4 is 10.2 Å². The second-order valence-corrected chi connectivity index (χ2v) is 8.84. The lowest BCUT2D eigenvalue weighted by Crippen LogP contribution is -2.53. The van der Waals surface area contributed by atoms with Gasteiger partial charge in [0.1, 0.15) is 0 Å². The normalized spacial score (nSPS) is 18.8. The standard InChI is InChI=1S/C24H27N3O3S/c1-17-4-3-5-21(14-17)27-11-10-26(15-18(27)2)24(29)19-6-8-20(9-7-19)25-23(28)22-16-31-13-12-30-22/h3-9,14,16,18H,10-13,15H2,1-2H3,(H,25,28). The minimum atomic E-state index is -0.271. The molecule has 6 nitrogen and oxygen atoms in total. The van der Waals surface area contributed by atoms with Crippen LogP contribution in [0.5, 0.6) is 0 Å². The molecule has 1 unspecified atom stereocenters. The summed E-state index contributed by atoms with van der Waals surface area (Å²) in [6, 6.07) is 15.8. The zero-order chi connectivity index (χ0) is 21.8. The molecular weight excluding hydrogens is 410 g/mol. The highest BCUT2D eigenvalue weighted by Gasteiger charge is 2.27. The number of thioether (sulfide) groups is 1. The first-order valence-corrected chi connectivity index (χ1v) is 11.5. The van der Waals surface area contributed by atoms with Crippen molar-refractivity contribution in [3.8, 4) is 0 Å². The fraction of sp³-hybridized carbons (Fsp3) is 0.333. The number of carbonyl (C=O) groups excluding carboxylic acids is 2. The first-order chi connectivity index (χ1) is 15.0. The number of piperazine rings is 1. The van der Waals surface area contributed by atoms with Crippen LogP contribution in [-0.2, 0) is 9.53 Å². The average Bonchev–Trinajstić information content (AvgIpc) is 2.79. The first kappa shape index (κ1) is 21.3. The van der Waals surface area contributed by atoms with Crippen LogP contribution in [0.4, 0.5) is 11.4 Å². The van der Waals surface area contributed by atoms with Gasteiger partial charge in [0.25, 0.3) is 11.8 Å². The fourth-order valence-electron chi connectivity index (χ4n) is 3.89. The number of hydrogen-bond donors (Lipinski definition) is 1. The van der Waals surface area contributed by atoms with E-state index in [2.05, 4.69) is 48.3 Å². The molecule has 0 aromatic heterocycles. The summed E-state index contributed by atoms with van der Waals surface area (Å²) in [5.74, 6) is 0.929. The summed E-state index contributed by atoms with van der Waals surface area (Å²) in [5.41, 5.74) is 3.70. The van der Waals surface area contributed by atoms with Crippen LogP contribution in [0, 0.1) is 6.92 Å². The van der Waals surface area contributed by atoms with Gasteiger partial charge in [0.2, 0.25) is 0 Å². The van der Waals surface area contributed by atoms with E-state index in [1.807, 2.05) is 4.90 Å². The molecule has 2 aliphatic heterocycles. The molecule has 7 heteroatoms. The first-order valence-electron chi connectivity index (χ1n) is 10.5. The summed E-state index contributed by atoms with van der Waals surface area (Å²) >= 11 is 1.56. The number of rotatable bonds is 4. The van der Waals surface area contributed by atoms with Crippen molar-refractivity contribution in [2.45, 2.75) is 19.9 Å². The van der Waals surface area contributed by atoms with Crippen molar-refractivity contribution in [1.82, 2.24) is 4.90 Å². The van der Waals surface area contributed by atoms with Crippen molar-refractivity contribution >= 4 is 35.0 Å². The summed E-state index contributed by atoms with van der Waals surface area (Å²) in [7, 11) is 0. The van der Waals surface area contributed by atoms with Crippen LogP contribution in [-0.4, -0.2) is 54.8 Å². The van der Waals surface area contributed by atoms with Gasteiger partial charge in [-0.3, -0.25) is 9.59 Å². The van der Waals surface area contributed by atoms with E-state index in [0.29, 0.717) is 36.7 Å². The quantitative estimate of drug-likeness (QED) is 0.786. The molecule has 0 bridgehead atoms. The molecule has 162 valence electrons. The van der Waals surface area contributed by atoms with Crippen molar-refractivity contribution in [1.29, 1.82) is 0 Å². The molecule has 2 amide bonds. The maximum absolute atomic E-state index is 13.0. The summed E-state index contributed by atoms with van der Waals surface area (Å²) in [4.78, 5) is 29.5. The summed E-state index contributed by atoms with van der Waals surface area (Å²) < 4.78 is 5.37. The molecule has 2 aromatic carbocycles. The van der Waals surface area contributed by atoms with Crippen LogP contribution in [0.15, 0.2) is 59.7 Å². The number of carbonyl (C=O) groups is 2. The molecule has 2 heterocycles. The van der Waals surface area contributed by atoms with Crippen molar-refractivity contribution in [3.05, 3.63) is 70.8 Å². The summed E-state index contributed by atoms with van der Waals surface area (Å²) in [5, 5.41) is 4.55. The topological polar surface area (TPSA) is 61.9 Å². The highest BCUT2D eigenvalue weighted by Crippen LogP contribution is 2.23. The third-order valence-corrected chi connectivity index (χ3v) is 6.29. The molecule has 0 saturated carbocycles. The highest BCUT2D eigenvalue weighted by molar-refractivity contribution is 8.02. The third kappa shape index (κ3) is 5.05. The van der Waals surface area contributed by atoms with E-state index in [1.165, 1.54) is 11.3 Å². The Kier molecular flexibility index (Phi) is 6.51. The number of amides is 2. The summed E-state index contributed by atoms with van der Waals surface area (Å²) in [6.45, 7) is 6.94. The Morgan fingerprint density at radius 1 is 1.13 bits per heavy atom. The number of benzene rings is 2. The van der Waals surface area contributed by atoms with Gasteiger partial charge in [0.05, 0.1) is 6.61 Å². The van der Waals surface area contributed by atoms with Gasteiger partial charge in [0, 0.05) is 53.8 Å². The van der Waals surface area contributed by atoms with Gasteiger partial charge in [-0.2, -0.15) is 0 Å². The molecule has 0 radical (unpaired) electrons. The minimum absolute atomic E-state index is 0.0170. The molecule has 1 saturated heterocycles. The van der Waals surface area contributed by atoms with E-state index < -0.39 is 0 Å². The van der Waals surface area contributed by atoms with Gasteiger partial charge in [-0.15, -0.1) is 11.8 Å². The maximum atomic E-state index is 13.0. The van der Waals surface area contributed by atoms with E-state index in [-0.39, 0.29) is 17.9 Å². The fourth-order valence-corrected chi connectivity index (χ4v) is 4.51. The molecule has 0 aliphatic carbocycles. The van der Waals surface area contributed by atoms with Crippen LogP contribution in [0.1, 0.15) is 22.8 Å². The van der Waals surface area contributed by atoms with Gasteiger partial charge in [-0.25, -0.2) is 0 Å². The number of ether oxygens (including phenoxy) is 1. The molecule has 1 fully saturated rings. The van der Waals surface area contributed by atoms with Crippen molar-refractivity contribution in [2.24, 2.45) is 0 Å². The zero-order valence-electron chi connectivity index (χ0n) is 17.8. The van der Waals surface area contributed by atoms with E-state index in [1.54, 1.807) is 41.4 Å². The number of hydrogen-bond acceptors (Lipinski definition) is 5. The molecule has 4 rings (SSSR count). The second-order valence-electron chi connectivity index (χ2n) is 7.87. The molecular formula is C24H27N3O3S. The lowest BCUT2D eigenvalue weighted by atomic mass is 10.1. The zero-order valence-corrected chi connectivity index (χ0v) is 18.7. The lowest BCUT2D eigenvalue weighted by Gasteiger charge is -2.41. The van der Waals surface area contributed by atoms with Gasteiger partial charge < -0.3 is 19.9 Å². The molecule has 2 aromatic rings. The number of aryl methyl sites for hydroxylation is 1. The predicted molar refractivity (Wildman–Crippen MR) is 125 cm³/mol. The molecule has 1 atom stereocenters. The van der Waals surface area contributed by atoms with Crippen molar-refractivity contribution in [2.75, 3.05) is 42.2 Å². The van der Waals surface area contributed by atoms with Crippen molar-refractivity contribution in [3.63, 3.8) is 0 Å². The van der Waals surface area contributed by atoms with E-state index in [9.17, 15) is 9.59 Å². The molecule has 0 spiro atoms. The van der Waals surface area contributed by atoms with E-state index in [4.69, 9.17) is 4.74 Å². The van der Waals surface area contributed by atoms with Crippen LogP contribution in [0.25, 0.3) is 0 Å². The monoisotopic (exact) mass is 437 g/mol. The Morgan fingerprint density at radius 3 is 2.61 bits per heavy atom. The SMILES string of the molecule is Cc1cccc(N2CCN(C(=O)c3ccc(NC(=O)C4=CSCCO4)cc3)CC2C)c1. The number of nitrogens with one attached hydrogen (secondary N) is 1. The predicted octanol–water partition coefficient (Wildman–Crippen LogP) is 3.89. The maximum Gasteiger partial charge on any atom is 0.291 e. The Morgan fingerprint density at radius 2 is 1.94 bits per heavy atom. The second kappa shape index (κ2) is 9.47. The summed E-state index contributed by atoms with van der Waals surface area (Å²) in [6.07, 6.45) is 0. The Balaban J connectivity index is 1.36. The van der Waals surface area contributed by atoms with E-state index >= 15 is 0 Å². The average molecular weight is 438 g/mol.